The van der Waals surface area contributed by atoms with Crippen molar-refractivity contribution in [3.8, 4) is 6.07 Å². The molecule has 0 radical (unpaired) electrons. The van der Waals surface area contributed by atoms with Crippen LogP contribution in [0, 0.1) is 11.3 Å². The SMILES string of the molecule is N#Cc1ccc(N(Cc2ccc(C3CCCCC3)cn2)C(=O)[C@H]2CCN2)cc1. The van der Waals surface area contributed by atoms with E-state index in [0.717, 1.165) is 24.3 Å². The maximum Gasteiger partial charge on any atom is 0.244 e. The highest BCUT2D eigenvalue weighted by molar-refractivity contribution is 5.97. The van der Waals surface area contributed by atoms with E-state index in [0.29, 0.717) is 18.0 Å². The van der Waals surface area contributed by atoms with Crippen LogP contribution in [0.4, 0.5) is 5.69 Å². The Hall–Kier alpha value is -2.71. The summed E-state index contributed by atoms with van der Waals surface area (Å²) in [4.78, 5) is 19.4. The number of nitrogens with one attached hydrogen (secondary N) is 1. The number of pyridine rings is 1. The number of aromatic nitrogens is 1. The Labute approximate surface area is 166 Å². The highest BCUT2D eigenvalue weighted by atomic mass is 16.2. The molecule has 1 aliphatic heterocycles. The number of anilines is 1. The van der Waals surface area contributed by atoms with Crippen molar-refractivity contribution in [2.45, 2.75) is 57.0 Å². The molecule has 1 aromatic carbocycles. The summed E-state index contributed by atoms with van der Waals surface area (Å²) in [7, 11) is 0. The molecule has 0 spiro atoms. The smallest absolute Gasteiger partial charge is 0.244 e. The first-order valence-corrected chi connectivity index (χ1v) is 10.2. The molecule has 144 valence electrons. The summed E-state index contributed by atoms with van der Waals surface area (Å²) in [6.07, 6.45) is 9.32. The fraction of sp³-hybridized carbons (Fsp3) is 0.435. The number of benzene rings is 1. The summed E-state index contributed by atoms with van der Waals surface area (Å²) in [5.74, 6) is 0.694. The van der Waals surface area contributed by atoms with Gasteiger partial charge in [0, 0.05) is 11.9 Å². The molecule has 0 bridgehead atoms. The van der Waals surface area contributed by atoms with Crippen LogP contribution < -0.4 is 10.2 Å². The number of carbonyl (C=O) groups is 1. The van der Waals surface area contributed by atoms with Crippen molar-refractivity contribution < 1.29 is 4.79 Å². The number of nitriles is 1. The van der Waals surface area contributed by atoms with Gasteiger partial charge in [0.15, 0.2) is 0 Å². The molecule has 2 heterocycles. The third-order valence-electron chi connectivity index (χ3n) is 5.94. The van der Waals surface area contributed by atoms with E-state index in [1.54, 1.807) is 17.0 Å². The number of amides is 1. The van der Waals surface area contributed by atoms with E-state index in [4.69, 9.17) is 5.26 Å². The number of rotatable bonds is 5. The number of hydrogen-bond donors (Lipinski definition) is 1. The molecular weight excluding hydrogens is 348 g/mol. The van der Waals surface area contributed by atoms with E-state index in [-0.39, 0.29) is 11.9 Å². The molecule has 5 heteroatoms. The van der Waals surface area contributed by atoms with Gasteiger partial charge in [-0.2, -0.15) is 5.26 Å². The molecule has 1 saturated carbocycles. The van der Waals surface area contributed by atoms with E-state index >= 15 is 0 Å². The Morgan fingerprint density at radius 1 is 1.11 bits per heavy atom. The van der Waals surface area contributed by atoms with Crippen molar-refractivity contribution in [1.82, 2.24) is 10.3 Å². The van der Waals surface area contributed by atoms with Gasteiger partial charge in [-0.15, -0.1) is 0 Å². The van der Waals surface area contributed by atoms with Crippen LogP contribution in [0.1, 0.15) is 61.3 Å². The molecule has 1 saturated heterocycles. The van der Waals surface area contributed by atoms with Crippen molar-refractivity contribution in [1.29, 1.82) is 5.26 Å². The van der Waals surface area contributed by atoms with Gasteiger partial charge in [0.25, 0.3) is 0 Å². The standard InChI is InChI=1S/C23H26N4O/c24-14-17-6-10-21(11-7-17)27(23(28)22-12-13-25-22)16-20-9-8-19(15-26-20)18-4-2-1-3-5-18/h6-11,15,18,22,25H,1-5,12-13,16H2/t22-/m1/s1. The van der Waals surface area contributed by atoms with Crippen LogP contribution in [-0.2, 0) is 11.3 Å². The van der Waals surface area contributed by atoms with Crippen LogP contribution in [0.15, 0.2) is 42.6 Å². The second-order valence-electron chi connectivity index (χ2n) is 7.80. The molecule has 1 atom stereocenters. The van der Waals surface area contributed by atoms with Crippen molar-refractivity contribution in [2.75, 3.05) is 11.4 Å². The Bertz CT molecular complexity index is 844. The lowest BCUT2D eigenvalue weighted by Gasteiger charge is -2.32. The highest BCUT2D eigenvalue weighted by Gasteiger charge is 2.30. The molecule has 0 unspecified atom stereocenters. The molecule has 1 N–H and O–H groups in total. The first-order chi connectivity index (χ1) is 13.7. The molecule has 4 rings (SSSR count). The second-order valence-corrected chi connectivity index (χ2v) is 7.80. The zero-order chi connectivity index (χ0) is 19.3. The minimum absolute atomic E-state index is 0.0640. The van der Waals surface area contributed by atoms with Crippen LogP contribution in [0.2, 0.25) is 0 Å². The normalized spacial score (nSPS) is 19.5. The second kappa shape index (κ2) is 8.53. The summed E-state index contributed by atoms with van der Waals surface area (Å²) < 4.78 is 0. The van der Waals surface area contributed by atoms with Crippen molar-refractivity contribution >= 4 is 11.6 Å². The lowest BCUT2D eigenvalue weighted by atomic mass is 9.85. The van der Waals surface area contributed by atoms with Crippen LogP contribution in [0.3, 0.4) is 0 Å². The van der Waals surface area contributed by atoms with Gasteiger partial charge in [0.05, 0.1) is 29.9 Å². The first kappa shape index (κ1) is 18.6. The largest absolute Gasteiger partial charge is 0.306 e. The van der Waals surface area contributed by atoms with Gasteiger partial charge in [-0.25, -0.2) is 0 Å². The average Bonchev–Trinajstić information content (AvgIpc) is 2.72. The van der Waals surface area contributed by atoms with Gasteiger partial charge in [0.1, 0.15) is 0 Å². The molecule has 2 aliphatic rings. The average molecular weight is 374 g/mol. The van der Waals surface area contributed by atoms with Crippen LogP contribution in [0.5, 0.6) is 0 Å². The third kappa shape index (κ3) is 4.07. The molecule has 28 heavy (non-hydrogen) atoms. The minimum Gasteiger partial charge on any atom is -0.306 e. The summed E-state index contributed by atoms with van der Waals surface area (Å²) in [5.41, 5.74) is 3.60. The number of hydrogen-bond acceptors (Lipinski definition) is 4. The highest BCUT2D eigenvalue weighted by Crippen LogP contribution is 2.32. The van der Waals surface area contributed by atoms with Crippen molar-refractivity contribution in [3.63, 3.8) is 0 Å². The van der Waals surface area contributed by atoms with Gasteiger partial charge < -0.3 is 10.2 Å². The van der Waals surface area contributed by atoms with Gasteiger partial charge >= 0.3 is 0 Å². The summed E-state index contributed by atoms with van der Waals surface area (Å²) in [6, 6.07) is 13.4. The summed E-state index contributed by atoms with van der Waals surface area (Å²) >= 11 is 0. The van der Waals surface area contributed by atoms with Crippen molar-refractivity contribution in [3.05, 3.63) is 59.4 Å². The quantitative estimate of drug-likeness (QED) is 0.862. The Balaban J connectivity index is 1.52. The van der Waals surface area contributed by atoms with Gasteiger partial charge in [-0.3, -0.25) is 9.78 Å². The minimum atomic E-state index is -0.128. The van der Waals surface area contributed by atoms with E-state index in [1.807, 2.05) is 18.3 Å². The molecule has 1 aromatic heterocycles. The van der Waals surface area contributed by atoms with E-state index in [2.05, 4.69) is 28.5 Å². The Morgan fingerprint density at radius 3 is 2.43 bits per heavy atom. The van der Waals surface area contributed by atoms with Crippen LogP contribution in [0.25, 0.3) is 0 Å². The first-order valence-electron chi connectivity index (χ1n) is 10.2. The van der Waals surface area contributed by atoms with Gasteiger partial charge in [-0.05, 0) is 67.6 Å². The summed E-state index contributed by atoms with van der Waals surface area (Å²) in [5, 5.41) is 12.2. The monoisotopic (exact) mass is 374 g/mol. The molecule has 2 fully saturated rings. The van der Waals surface area contributed by atoms with E-state index in [1.165, 1.54) is 37.7 Å². The molecular formula is C23H26N4O. The van der Waals surface area contributed by atoms with Gasteiger partial charge in [0.2, 0.25) is 5.91 Å². The van der Waals surface area contributed by atoms with E-state index < -0.39 is 0 Å². The maximum atomic E-state index is 13.0. The van der Waals surface area contributed by atoms with Crippen LogP contribution >= 0.6 is 0 Å². The van der Waals surface area contributed by atoms with Gasteiger partial charge in [-0.1, -0.05) is 25.3 Å². The fourth-order valence-corrected chi connectivity index (χ4v) is 4.07. The van der Waals surface area contributed by atoms with Crippen molar-refractivity contribution in [2.24, 2.45) is 0 Å². The predicted molar refractivity (Wildman–Crippen MR) is 109 cm³/mol. The van der Waals surface area contributed by atoms with Crippen LogP contribution in [-0.4, -0.2) is 23.5 Å². The maximum absolute atomic E-state index is 13.0. The number of nitrogens with zero attached hydrogens (tertiary/aromatic N) is 3. The predicted octanol–water partition coefficient (Wildman–Crippen LogP) is 3.90. The topological polar surface area (TPSA) is 69.0 Å². The fourth-order valence-electron chi connectivity index (χ4n) is 4.07. The Kier molecular flexibility index (Phi) is 5.68. The molecule has 1 aliphatic carbocycles. The molecule has 2 aromatic rings. The number of carbonyl (C=O) groups excluding carboxylic acids is 1. The lowest BCUT2D eigenvalue weighted by Crippen LogP contribution is -2.54. The zero-order valence-electron chi connectivity index (χ0n) is 16.1. The lowest BCUT2D eigenvalue weighted by molar-refractivity contribution is -0.122. The zero-order valence-corrected chi connectivity index (χ0v) is 16.1. The Morgan fingerprint density at radius 2 is 1.86 bits per heavy atom. The molecule has 1 amide bonds. The molecule has 5 nitrogen and oxygen atoms in total. The third-order valence-corrected chi connectivity index (χ3v) is 5.94. The summed E-state index contributed by atoms with van der Waals surface area (Å²) in [6.45, 7) is 1.32. The van der Waals surface area contributed by atoms with E-state index in [9.17, 15) is 4.79 Å².